The number of nitrogens with zero attached hydrogens (tertiary/aromatic N) is 2. The van der Waals surface area contributed by atoms with Gasteiger partial charge in [0.15, 0.2) is 0 Å². The predicted octanol–water partition coefficient (Wildman–Crippen LogP) is 1.15. The Kier molecular flexibility index (Phi) is 2.87. The first-order valence-electron chi connectivity index (χ1n) is 4.87. The van der Waals surface area contributed by atoms with Crippen LogP contribution in [-0.4, -0.2) is 14.9 Å². The number of aromatic nitrogens is 2. The molecule has 0 radical (unpaired) electrons. The molecule has 2 rings (SSSR count). The van der Waals surface area contributed by atoms with Crippen molar-refractivity contribution in [3.8, 4) is 0 Å². The van der Waals surface area contributed by atoms with Gasteiger partial charge < -0.3 is 10.8 Å². The number of hydrogen-bond acceptors (Lipinski definition) is 3. The zero-order valence-corrected chi connectivity index (χ0v) is 8.60. The fourth-order valence-corrected chi connectivity index (χ4v) is 1.47. The fourth-order valence-electron chi connectivity index (χ4n) is 1.47. The number of rotatable bonds is 3. The minimum Gasteiger partial charge on any atom is -0.391 e. The van der Waals surface area contributed by atoms with Crippen molar-refractivity contribution in [1.82, 2.24) is 9.78 Å². The van der Waals surface area contributed by atoms with Crippen LogP contribution in [0.2, 0.25) is 0 Å². The molecule has 0 saturated carbocycles. The number of halogens is 1. The zero-order valence-electron chi connectivity index (χ0n) is 8.60. The first-order chi connectivity index (χ1) is 7.72. The normalized spacial score (nSPS) is 10.6. The van der Waals surface area contributed by atoms with E-state index in [9.17, 15) is 4.39 Å². The maximum absolute atomic E-state index is 13.4. The molecule has 1 aromatic carbocycles. The van der Waals surface area contributed by atoms with E-state index in [0.717, 1.165) is 0 Å². The van der Waals surface area contributed by atoms with Gasteiger partial charge in [-0.3, -0.25) is 0 Å². The van der Waals surface area contributed by atoms with Gasteiger partial charge in [-0.2, -0.15) is 5.10 Å². The van der Waals surface area contributed by atoms with Gasteiger partial charge in [-0.1, -0.05) is 18.2 Å². The third-order valence-corrected chi connectivity index (χ3v) is 2.41. The van der Waals surface area contributed by atoms with Crippen LogP contribution in [0, 0.1) is 5.82 Å². The zero-order chi connectivity index (χ0) is 11.5. The standard InChI is InChI=1S/C11H12FN3O/c12-10-4-2-1-3-8(10)6-15-11(13)9(7-16)5-14-15/h1-5,16H,6-7,13H2. The summed E-state index contributed by atoms with van der Waals surface area (Å²) in [7, 11) is 0. The Morgan fingerprint density at radius 1 is 1.31 bits per heavy atom. The van der Waals surface area contributed by atoms with Gasteiger partial charge in [0.05, 0.1) is 19.3 Å². The minimum absolute atomic E-state index is 0.164. The van der Waals surface area contributed by atoms with E-state index >= 15 is 0 Å². The molecule has 0 fully saturated rings. The number of anilines is 1. The molecule has 0 amide bonds. The Labute approximate surface area is 92.1 Å². The summed E-state index contributed by atoms with van der Waals surface area (Å²) in [5, 5.41) is 12.9. The second-order valence-electron chi connectivity index (χ2n) is 3.46. The second-order valence-corrected chi connectivity index (χ2v) is 3.46. The summed E-state index contributed by atoms with van der Waals surface area (Å²) in [5.74, 6) is 0.0775. The highest BCUT2D eigenvalue weighted by atomic mass is 19.1. The maximum atomic E-state index is 13.4. The number of aliphatic hydroxyl groups is 1. The molecule has 0 saturated heterocycles. The number of benzene rings is 1. The first-order valence-corrected chi connectivity index (χ1v) is 4.87. The summed E-state index contributed by atoms with van der Waals surface area (Å²) in [6.45, 7) is 0.0988. The average molecular weight is 221 g/mol. The van der Waals surface area contributed by atoms with Crippen molar-refractivity contribution in [1.29, 1.82) is 0 Å². The van der Waals surface area contributed by atoms with Crippen molar-refractivity contribution < 1.29 is 9.50 Å². The molecule has 4 nitrogen and oxygen atoms in total. The van der Waals surface area contributed by atoms with Crippen molar-refractivity contribution in [3.05, 3.63) is 47.4 Å². The summed E-state index contributed by atoms with van der Waals surface area (Å²) < 4.78 is 14.8. The molecule has 1 aromatic heterocycles. The van der Waals surface area contributed by atoms with E-state index < -0.39 is 0 Å². The van der Waals surface area contributed by atoms with Gasteiger partial charge in [-0.25, -0.2) is 9.07 Å². The van der Waals surface area contributed by atoms with Crippen molar-refractivity contribution in [2.45, 2.75) is 13.2 Å². The SMILES string of the molecule is Nc1c(CO)cnn1Cc1ccccc1F. The summed E-state index contributed by atoms with van der Waals surface area (Å²) in [5.41, 5.74) is 6.80. The molecule has 5 heteroatoms. The average Bonchev–Trinajstić information content (AvgIpc) is 2.63. The number of nitrogens with two attached hydrogens (primary N) is 1. The van der Waals surface area contributed by atoms with Crippen LogP contribution in [0.3, 0.4) is 0 Å². The van der Waals surface area contributed by atoms with Crippen LogP contribution in [0.5, 0.6) is 0 Å². The van der Waals surface area contributed by atoms with Crippen molar-refractivity contribution in [2.75, 3.05) is 5.73 Å². The van der Waals surface area contributed by atoms with E-state index in [2.05, 4.69) is 5.10 Å². The van der Waals surface area contributed by atoms with Crippen LogP contribution in [0.1, 0.15) is 11.1 Å². The molecule has 0 aliphatic heterocycles. The van der Waals surface area contributed by atoms with Gasteiger partial charge in [-0.05, 0) is 6.07 Å². The van der Waals surface area contributed by atoms with Gasteiger partial charge >= 0.3 is 0 Å². The molecule has 0 atom stereocenters. The van der Waals surface area contributed by atoms with E-state index in [1.165, 1.54) is 16.9 Å². The van der Waals surface area contributed by atoms with Crippen LogP contribution in [0.4, 0.5) is 10.2 Å². The third-order valence-electron chi connectivity index (χ3n) is 2.41. The van der Waals surface area contributed by atoms with Crippen molar-refractivity contribution in [3.63, 3.8) is 0 Å². The highest BCUT2D eigenvalue weighted by Gasteiger charge is 2.08. The Morgan fingerprint density at radius 3 is 2.69 bits per heavy atom. The van der Waals surface area contributed by atoms with Crippen LogP contribution >= 0.6 is 0 Å². The Balaban J connectivity index is 2.27. The molecule has 3 N–H and O–H groups in total. The van der Waals surface area contributed by atoms with Crippen molar-refractivity contribution >= 4 is 5.82 Å². The van der Waals surface area contributed by atoms with E-state index in [4.69, 9.17) is 10.8 Å². The highest BCUT2D eigenvalue weighted by molar-refractivity contribution is 5.38. The lowest BCUT2D eigenvalue weighted by Gasteiger charge is -2.05. The first kappa shape index (κ1) is 10.6. The lowest BCUT2D eigenvalue weighted by Crippen LogP contribution is -2.08. The van der Waals surface area contributed by atoms with Gasteiger partial charge in [0.2, 0.25) is 0 Å². The van der Waals surface area contributed by atoms with Gasteiger partial charge in [-0.15, -0.1) is 0 Å². The lowest BCUT2D eigenvalue weighted by molar-refractivity contribution is 0.282. The summed E-state index contributed by atoms with van der Waals surface area (Å²) in [6, 6.07) is 6.45. The monoisotopic (exact) mass is 221 g/mol. The van der Waals surface area contributed by atoms with Gasteiger partial charge in [0, 0.05) is 11.1 Å². The van der Waals surface area contributed by atoms with Crippen molar-refractivity contribution in [2.24, 2.45) is 0 Å². The Hall–Kier alpha value is -1.88. The van der Waals surface area contributed by atoms with Crippen LogP contribution < -0.4 is 5.73 Å². The molecule has 0 unspecified atom stereocenters. The van der Waals surface area contributed by atoms with E-state index in [-0.39, 0.29) is 19.0 Å². The molecular formula is C11H12FN3O. The largest absolute Gasteiger partial charge is 0.391 e. The number of aliphatic hydroxyl groups excluding tert-OH is 1. The molecule has 16 heavy (non-hydrogen) atoms. The van der Waals surface area contributed by atoms with Gasteiger partial charge in [0.25, 0.3) is 0 Å². The van der Waals surface area contributed by atoms with Gasteiger partial charge in [0.1, 0.15) is 11.6 Å². The highest BCUT2D eigenvalue weighted by Crippen LogP contribution is 2.14. The topological polar surface area (TPSA) is 64.1 Å². The summed E-state index contributed by atoms with van der Waals surface area (Å²) >= 11 is 0. The molecule has 0 bridgehead atoms. The predicted molar refractivity (Wildman–Crippen MR) is 58.1 cm³/mol. The lowest BCUT2D eigenvalue weighted by atomic mass is 10.2. The number of nitrogen functional groups attached to an aromatic ring is 1. The van der Waals surface area contributed by atoms with Crippen LogP contribution in [0.15, 0.2) is 30.5 Å². The molecule has 0 aliphatic rings. The van der Waals surface area contributed by atoms with E-state index in [1.807, 2.05) is 0 Å². The van der Waals surface area contributed by atoms with E-state index in [0.29, 0.717) is 16.9 Å². The third kappa shape index (κ3) is 1.90. The Morgan fingerprint density at radius 2 is 2.06 bits per heavy atom. The smallest absolute Gasteiger partial charge is 0.128 e. The van der Waals surface area contributed by atoms with Crippen LogP contribution in [0.25, 0.3) is 0 Å². The molecule has 2 aromatic rings. The van der Waals surface area contributed by atoms with Crippen LogP contribution in [-0.2, 0) is 13.2 Å². The Bertz CT molecular complexity index is 496. The molecule has 84 valence electrons. The van der Waals surface area contributed by atoms with E-state index in [1.54, 1.807) is 18.2 Å². The molecular weight excluding hydrogens is 209 g/mol. The maximum Gasteiger partial charge on any atom is 0.128 e. The quantitative estimate of drug-likeness (QED) is 0.817. The molecule has 1 heterocycles. The molecule has 0 aliphatic carbocycles. The molecule has 0 spiro atoms. The summed E-state index contributed by atoms with van der Waals surface area (Å²) in [4.78, 5) is 0. The fraction of sp³-hybridized carbons (Fsp3) is 0.182. The summed E-state index contributed by atoms with van der Waals surface area (Å²) in [6.07, 6.45) is 1.48. The number of hydrogen-bond donors (Lipinski definition) is 2. The second kappa shape index (κ2) is 4.32. The minimum atomic E-state index is -0.289.